The van der Waals surface area contributed by atoms with Crippen LogP contribution in [0.15, 0.2) is 12.1 Å². The fraction of sp³-hybridized carbons (Fsp3) is 0.500. The number of halogens is 1. The lowest BCUT2D eigenvalue weighted by molar-refractivity contribution is -0.0172. The number of fused-ring (bicyclic) bond motifs is 1. The largest absolute Gasteiger partial charge is 0.467 e. The Hall–Kier alpha value is -1.13. The van der Waals surface area contributed by atoms with Gasteiger partial charge in [-0.2, -0.15) is 0 Å². The molecule has 0 fully saturated rings. The monoisotopic (exact) mass is 225 g/mol. The number of hydrogen-bond acceptors (Lipinski definition) is 3. The van der Waals surface area contributed by atoms with Crippen LogP contribution in [0.25, 0.3) is 0 Å². The van der Waals surface area contributed by atoms with E-state index in [-0.39, 0.29) is 12.6 Å². The third-order valence-corrected chi connectivity index (χ3v) is 2.65. The number of benzene rings is 1. The second-order valence-electron chi connectivity index (χ2n) is 3.91. The molecule has 4 heteroatoms. The predicted molar refractivity (Wildman–Crippen MR) is 58.7 cm³/mol. The molecule has 16 heavy (non-hydrogen) atoms. The van der Waals surface area contributed by atoms with E-state index in [2.05, 4.69) is 0 Å². The van der Waals surface area contributed by atoms with E-state index < -0.39 is 0 Å². The van der Waals surface area contributed by atoms with Crippen molar-refractivity contribution in [2.45, 2.75) is 25.9 Å². The molecule has 0 radical (unpaired) electrons. The summed E-state index contributed by atoms with van der Waals surface area (Å²) in [4.78, 5) is 0. The van der Waals surface area contributed by atoms with Crippen LogP contribution in [-0.2, 0) is 17.8 Å². The van der Waals surface area contributed by atoms with E-state index in [1.165, 1.54) is 6.07 Å². The first-order valence-corrected chi connectivity index (χ1v) is 5.53. The third-order valence-electron chi connectivity index (χ3n) is 2.65. The second kappa shape index (κ2) is 5.27. The number of ether oxygens (including phenoxy) is 2. The average Bonchev–Trinajstić information content (AvgIpc) is 2.29. The highest BCUT2D eigenvalue weighted by molar-refractivity contribution is 5.42. The van der Waals surface area contributed by atoms with Crippen LogP contribution in [0.4, 0.5) is 4.39 Å². The molecule has 2 rings (SSSR count). The van der Waals surface area contributed by atoms with E-state index >= 15 is 0 Å². The Labute approximate surface area is 94.3 Å². The first kappa shape index (κ1) is 11.4. The van der Waals surface area contributed by atoms with Crippen molar-refractivity contribution in [1.29, 1.82) is 0 Å². The molecule has 0 saturated carbocycles. The molecule has 0 aromatic heterocycles. The maximum atomic E-state index is 13.3. The zero-order valence-electron chi connectivity index (χ0n) is 9.17. The first-order chi connectivity index (χ1) is 7.81. The van der Waals surface area contributed by atoms with Crippen LogP contribution in [0.1, 0.15) is 24.0 Å². The molecule has 88 valence electrons. The first-order valence-electron chi connectivity index (χ1n) is 5.53. The van der Waals surface area contributed by atoms with Gasteiger partial charge in [0.05, 0.1) is 6.61 Å². The quantitative estimate of drug-likeness (QED) is 0.797. The van der Waals surface area contributed by atoms with Gasteiger partial charge in [0.25, 0.3) is 0 Å². The van der Waals surface area contributed by atoms with E-state index in [0.29, 0.717) is 13.2 Å². The fourth-order valence-electron chi connectivity index (χ4n) is 1.90. The third kappa shape index (κ3) is 2.51. The highest BCUT2D eigenvalue weighted by atomic mass is 19.1. The lowest BCUT2D eigenvalue weighted by Crippen LogP contribution is -2.13. The lowest BCUT2D eigenvalue weighted by atomic mass is 10.0. The smallest absolute Gasteiger partial charge is 0.189 e. The van der Waals surface area contributed by atoms with Crippen molar-refractivity contribution >= 4 is 0 Å². The lowest BCUT2D eigenvalue weighted by Gasteiger charge is -2.20. The summed E-state index contributed by atoms with van der Waals surface area (Å²) in [6.45, 7) is 1.35. The molecule has 0 bridgehead atoms. The summed E-state index contributed by atoms with van der Waals surface area (Å²) in [5.74, 6) is 0.570. The van der Waals surface area contributed by atoms with Crippen LogP contribution in [0.2, 0.25) is 0 Å². The van der Waals surface area contributed by atoms with Gasteiger partial charge in [0, 0.05) is 5.56 Å². The van der Waals surface area contributed by atoms with Gasteiger partial charge in [0.2, 0.25) is 0 Å². The molecule has 0 atom stereocenters. The Morgan fingerprint density at radius 3 is 3.00 bits per heavy atom. The van der Waals surface area contributed by atoms with Crippen molar-refractivity contribution in [3.63, 3.8) is 0 Å². The van der Waals surface area contributed by atoms with Gasteiger partial charge >= 0.3 is 0 Å². The Morgan fingerprint density at radius 1 is 1.31 bits per heavy atom. The van der Waals surface area contributed by atoms with Crippen molar-refractivity contribution in [3.8, 4) is 5.75 Å². The minimum absolute atomic E-state index is 0.226. The van der Waals surface area contributed by atoms with Gasteiger partial charge in [-0.3, -0.25) is 0 Å². The highest BCUT2D eigenvalue weighted by Crippen LogP contribution is 2.30. The molecule has 0 unspecified atom stereocenters. The van der Waals surface area contributed by atoms with Crippen molar-refractivity contribution in [3.05, 3.63) is 29.1 Å². The summed E-state index contributed by atoms with van der Waals surface area (Å²) in [6.07, 6.45) is 2.70. The molecule has 1 aromatic rings. The summed E-state index contributed by atoms with van der Waals surface area (Å²) in [5, 5.41) is 0. The summed E-state index contributed by atoms with van der Waals surface area (Å²) in [6, 6.07) is 3.02. The van der Waals surface area contributed by atoms with Crippen LogP contribution in [0.3, 0.4) is 0 Å². The maximum absolute atomic E-state index is 13.3. The zero-order chi connectivity index (χ0) is 11.4. The maximum Gasteiger partial charge on any atom is 0.189 e. The molecule has 1 heterocycles. The number of rotatable bonds is 4. The molecule has 1 aliphatic heterocycles. The Kier molecular flexibility index (Phi) is 3.74. The van der Waals surface area contributed by atoms with Crippen LogP contribution >= 0.6 is 0 Å². The molecule has 1 aliphatic rings. The summed E-state index contributed by atoms with van der Waals surface area (Å²) < 4.78 is 23.9. The summed E-state index contributed by atoms with van der Waals surface area (Å²) >= 11 is 0. The van der Waals surface area contributed by atoms with Crippen LogP contribution in [-0.4, -0.2) is 13.3 Å². The highest BCUT2D eigenvalue weighted by Gasteiger charge is 2.16. The molecule has 0 amide bonds. The van der Waals surface area contributed by atoms with E-state index in [9.17, 15) is 4.39 Å². The molecule has 0 aliphatic carbocycles. The van der Waals surface area contributed by atoms with E-state index in [1.54, 1.807) is 6.07 Å². The Morgan fingerprint density at radius 2 is 2.19 bits per heavy atom. The van der Waals surface area contributed by atoms with Gasteiger partial charge in [-0.15, -0.1) is 0 Å². The zero-order valence-corrected chi connectivity index (χ0v) is 9.17. The SMILES string of the molecule is NCCCCc1cc(F)cc2c1OCOC2. The van der Waals surface area contributed by atoms with E-state index in [1.807, 2.05) is 0 Å². The fourth-order valence-corrected chi connectivity index (χ4v) is 1.90. The minimum atomic E-state index is -0.226. The van der Waals surface area contributed by atoms with E-state index in [4.69, 9.17) is 15.2 Å². The van der Waals surface area contributed by atoms with Crippen LogP contribution in [0.5, 0.6) is 5.75 Å². The predicted octanol–water partition coefficient (Wildman–Crippen LogP) is 1.97. The van der Waals surface area contributed by atoms with Crippen molar-refractivity contribution in [2.75, 3.05) is 13.3 Å². The normalized spacial score (nSPS) is 14.4. The van der Waals surface area contributed by atoms with Gasteiger partial charge in [0.15, 0.2) is 6.79 Å². The Balaban J connectivity index is 2.18. The molecular formula is C12H16FNO2. The summed E-state index contributed by atoms with van der Waals surface area (Å²) in [7, 11) is 0. The molecular weight excluding hydrogens is 209 g/mol. The van der Waals surface area contributed by atoms with Gasteiger partial charge in [-0.25, -0.2) is 4.39 Å². The number of hydrogen-bond donors (Lipinski definition) is 1. The topological polar surface area (TPSA) is 44.5 Å². The van der Waals surface area contributed by atoms with Crippen molar-refractivity contribution in [2.24, 2.45) is 5.73 Å². The standard InChI is InChI=1S/C12H16FNO2/c13-11-5-9(3-1-2-4-14)12-10(6-11)7-15-8-16-12/h5-6H,1-4,7-8,14H2. The summed E-state index contributed by atoms with van der Waals surface area (Å²) in [5.41, 5.74) is 7.16. The molecule has 1 aromatic carbocycles. The number of unbranched alkanes of at least 4 members (excludes halogenated alkanes) is 1. The molecule has 3 nitrogen and oxygen atoms in total. The minimum Gasteiger partial charge on any atom is -0.467 e. The van der Waals surface area contributed by atoms with Crippen LogP contribution < -0.4 is 10.5 Å². The second-order valence-corrected chi connectivity index (χ2v) is 3.91. The van der Waals surface area contributed by atoms with Crippen molar-refractivity contribution in [1.82, 2.24) is 0 Å². The molecule has 0 saturated heterocycles. The van der Waals surface area contributed by atoms with Crippen molar-refractivity contribution < 1.29 is 13.9 Å². The van der Waals surface area contributed by atoms with Crippen LogP contribution in [0, 0.1) is 5.82 Å². The molecule has 0 spiro atoms. The number of nitrogens with two attached hydrogens (primary N) is 1. The van der Waals surface area contributed by atoms with Gasteiger partial charge < -0.3 is 15.2 Å². The Bertz CT molecular complexity index is 368. The molecule has 2 N–H and O–H groups in total. The van der Waals surface area contributed by atoms with Gasteiger partial charge in [-0.05, 0) is 43.5 Å². The van der Waals surface area contributed by atoms with Gasteiger partial charge in [0.1, 0.15) is 11.6 Å². The number of aryl methyl sites for hydroxylation is 1. The average molecular weight is 225 g/mol. The van der Waals surface area contributed by atoms with E-state index in [0.717, 1.165) is 36.1 Å². The van der Waals surface area contributed by atoms with Gasteiger partial charge in [-0.1, -0.05) is 0 Å².